The molecule has 23 heavy (non-hydrogen) atoms. The Bertz CT molecular complexity index is 725. The highest BCUT2D eigenvalue weighted by molar-refractivity contribution is 7.87. The van der Waals surface area contributed by atoms with Crippen LogP contribution in [0, 0.1) is 5.82 Å². The van der Waals surface area contributed by atoms with Gasteiger partial charge in [-0.1, -0.05) is 18.6 Å². The maximum absolute atomic E-state index is 13.2. The van der Waals surface area contributed by atoms with Gasteiger partial charge in [-0.05, 0) is 30.5 Å². The molecular weight excluding hydrogens is 319 g/mol. The summed E-state index contributed by atoms with van der Waals surface area (Å²) >= 11 is 0. The average Bonchev–Trinajstić information content (AvgIpc) is 3.09. The van der Waals surface area contributed by atoms with Gasteiger partial charge in [-0.2, -0.15) is 17.4 Å². The van der Waals surface area contributed by atoms with Crippen molar-refractivity contribution in [3.05, 3.63) is 53.9 Å². The lowest BCUT2D eigenvalue weighted by Gasteiger charge is -2.28. The lowest BCUT2D eigenvalue weighted by Crippen LogP contribution is -2.45. The molecule has 2 N–H and O–H groups in total. The number of nitrogens with one attached hydrogen (secondary N) is 2. The van der Waals surface area contributed by atoms with Crippen molar-refractivity contribution in [2.45, 2.75) is 25.3 Å². The minimum Gasteiger partial charge on any atom is -0.347 e. The van der Waals surface area contributed by atoms with Gasteiger partial charge in [-0.25, -0.2) is 9.37 Å². The van der Waals surface area contributed by atoms with Crippen molar-refractivity contribution in [2.75, 3.05) is 13.1 Å². The first-order valence-electron chi connectivity index (χ1n) is 7.58. The molecule has 1 saturated heterocycles. The number of hydrogen-bond donors (Lipinski definition) is 2. The molecule has 0 bridgehead atoms. The van der Waals surface area contributed by atoms with Crippen LogP contribution in [-0.4, -0.2) is 35.8 Å². The van der Waals surface area contributed by atoms with Gasteiger partial charge in [0.05, 0.1) is 0 Å². The summed E-state index contributed by atoms with van der Waals surface area (Å²) in [6.45, 7) is 1.03. The van der Waals surface area contributed by atoms with E-state index >= 15 is 0 Å². The fourth-order valence-electron chi connectivity index (χ4n) is 2.70. The van der Waals surface area contributed by atoms with Crippen LogP contribution in [0.1, 0.15) is 36.7 Å². The molecule has 6 nitrogen and oxygen atoms in total. The van der Waals surface area contributed by atoms with E-state index in [-0.39, 0.29) is 5.82 Å². The Balaban J connectivity index is 1.88. The fraction of sp³-hybridized carbons (Fsp3) is 0.400. The Labute approximate surface area is 134 Å². The third kappa shape index (κ3) is 3.77. The summed E-state index contributed by atoms with van der Waals surface area (Å²) in [7, 11) is -3.64. The number of rotatable bonds is 5. The molecule has 1 fully saturated rings. The van der Waals surface area contributed by atoms with Crippen LogP contribution in [0.25, 0.3) is 0 Å². The Morgan fingerprint density at radius 3 is 2.48 bits per heavy atom. The zero-order chi connectivity index (χ0) is 16.3. The molecule has 0 radical (unpaired) electrons. The first-order valence-corrected chi connectivity index (χ1v) is 9.02. The van der Waals surface area contributed by atoms with E-state index in [1.54, 1.807) is 24.5 Å². The molecule has 8 heteroatoms. The number of halogens is 1. The number of benzene rings is 1. The maximum atomic E-state index is 13.2. The van der Waals surface area contributed by atoms with Gasteiger partial charge in [0.2, 0.25) is 0 Å². The molecule has 1 aromatic carbocycles. The van der Waals surface area contributed by atoms with E-state index in [1.165, 1.54) is 16.4 Å². The van der Waals surface area contributed by atoms with Crippen LogP contribution in [0.15, 0.2) is 36.7 Å². The summed E-state index contributed by atoms with van der Waals surface area (Å²) in [4.78, 5) is 7.08. The number of nitrogens with zero attached hydrogens (tertiary/aromatic N) is 2. The van der Waals surface area contributed by atoms with Crippen LogP contribution in [0.3, 0.4) is 0 Å². The van der Waals surface area contributed by atoms with Gasteiger partial charge in [-0.3, -0.25) is 0 Å². The third-order valence-electron chi connectivity index (χ3n) is 3.92. The Hall–Kier alpha value is -1.77. The number of imidazole rings is 1. The summed E-state index contributed by atoms with van der Waals surface area (Å²) in [5, 5.41) is 0. The topological polar surface area (TPSA) is 78.1 Å². The lowest BCUT2D eigenvalue weighted by molar-refractivity contribution is 0.339. The second kappa shape index (κ2) is 6.77. The summed E-state index contributed by atoms with van der Waals surface area (Å²) in [5.74, 6) is 0.100. The average molecular weight is 338 g/mol. The van der Waals surface area contributed by atoms with Crippen LogP contribution >= 0.6 is 0 Å². The smallest absolute Gasteiger partial charge is 0.280 e. The van der Waals surface area contributed by atoms with Gasteiger partial charge in [0.1, 0.15) is 17.7 Å². The number of H-pyrrole nitrogens is 1. The van der Waals surface area contributed by atoms with Crippen molar-refractivity contribution in [1.29, 1.82) is 0 Å². The van der Waals surface area contributed by atoms with Crippen molar-refractivity contribution in [2.24, 2.45) is 0 Å². The number of aromatic amines is 1. The van der Waals surface area contributed by atoms with Crippen molar-refractivity contribution in [1.82, 2.24) is 19.0 Å². The fourth-order valence-corrected chi connectivity index (χ4v) is 4.13. The Morgan fingerprint density at radius 2 is 1.87 bits per heavy atom. The zero-order valence-electron chi connectivity index (χ0n) is 12.6. The van der Waals surface area contributed by atoms with Crippen LogP contribution in [0.2, 0.25) is 0 Å². The van der Waals surface area contributed by atoms with Crippen LogP contribution in [0.4, 0.5) is 4.39 Å². The molecule has 2 aromatic rings. The van der Waals surface area contributed by atoms with Crippen LogP contribution in [0.5, 0.6) is 0 Å². The van der Waals surface area contributed by atoms with Gasteiger partial charge < -0.3 is 4.98 Å². The minimum atomic E-state index is -3.64. The molecule has 1 atom stereocenters. The highest BCUT2D eigenvalue weighted by Crippen LogP contribution is 2.22. The predicted molar refractivity (Wildman–Crippen MR) is 84.3 cm³/mol. The monoisotopic (exact) mass is 338 g/mol. The molecule has 0 amide bonds. The van der Waals surface area contributed by atoms with E-state index in [0.717, 1.165) is 19.3 Å². The highest BCUT2D eigenvalue weighted by atomic mass is 32.2. The molecule has 1 aromatic heterocycles. The molecule has 0 spiro atoms. The number of piperidine rings is 1. The quantitative estimate of drug-likeness (QED) is 0.875. The summed E-state index contributed by atoms with van der Waals surface area (Å²) < 4.78 is 42.5. The van der Waals surface area contributed by atoms with Crippen molar-refractivity contribution >= 4 is 10.2 Å². The van der Waals surface area contributed by atoms with Crippen LogP contribution in [-0.2, 0) is 10.2 Å². The van der Waals surface area contributed by atoms with Crippen molar-refractivity contribution in [3.8, 4) is 0 Å². The van der Waals surface area contributed by atoms with E-state index < -0.39 is 16.3 Å². The van der Waals surface area contributed by atoms with Gasteiger partial charge >= 0.3 is 0 Å². The normalized spacial score (nSPS) is 18.0. The van der Waals surface area contributed by atoms with E-state index in [9.17, 15) is 12.8 Å². The van der Waals surface area contributed by atoms with Crippen molar-refractivity contribution in [3.63, 3.8) is 0 Å². The minimum absolute atomic E-state index is 0.370. The molecule has 0 unspecified atom stereocenters. The first kappa shape index (κ1) is 16.1. The summed E-state index contributed by atoms with van der Waals surface area (Å²) in [5.41, 5.74) is 0.627. The third-order valence-corrected chi connectivity index (χ3v) is 5.50. The summed E-state index contributed by atoms with van der Waals surface area (Å²) in [6.07, 6.45) is 5.96. The second-order valence-electron chi connectivity index (χ2n) is 5.54. The van der Waals surface area contributed by atoms with E-state index in [1.807, 2.05) is 0 Å². The molecule has 124 valence electrons. The molecule has 1 aliphatic rings. The molecular formula is C15H19FN4O2S. The van der Waals surface area contributed by atoms with Gasteiger partial charge in [-0.15, -0.1) is 0 Å². The molecule has 0 saturated carbocycles. The molecule has 1 aliphatic heterocycles. The largest absolute Gasteiger partial charge is 0.347 e. The van der Waals surface area contributed by atoms with E-state index in [4.69, 9.17) is 0 Å². The first-order chi connectivity index (χ1) is 11.1. The Kier molecular flexibility index (Phi) is 4.74. The van der Waals surface area contributed by atoms with Gasteiger partial charge in [0.25, 0.3) is 10.2 Å². The van der Waals surface area contributed by atoms with Crippen molar-refractivity contribution < 1.29 is 12.8 Å². The molecule has 0 aliphatic carbocycles. The van der Waals surface area contributed by atoms with Crippen LogP contribution < -0.4 is 4.72 Å². The zero-order valence-corrected chi connectivity index (χ0v) is 13.4. The lowest BCUT2D eigenvalue weighted by atomic mass is 10.1. The number of hydrogen-bond acceptors (Lipinski definition) is 3. The highest BCUT2D eigenvalue weighted by Gasteiger charge is 2.29. The van der Waals surface area contributed by atoms with E-state index in [2.05, 4.69) is 14.7 Å². The Morgan fingerprint density at radius 1 is 1.17 bits per heavy atom. The number of aromatic nitrogens is 2. The van der Waals surface area contributed by atoms with Gasteiger partial charge in [0.15, 0.2) is 0 Å². The van der Waals surface area contributed by atoms with Gasteiger partial charge in [0, 0.05) is 25.5 Å². The maximum Gasteiger partial charge on any atom is 0.280 e. The predicted octanol–water partition coefficient (Wildman–Crippen LogP) is 1.96. The standard InChI is InChI=1S/C15H19FN4O2S/c16-13-6-4-12(5-7-13)14(15-17-8-9-18-15)19-23(21,22)20-10-2-1-3-11-20/h4-9,14,19H,1-3,10-11H2,(H,17,18)/t14-/m1/s1. The summed E-state index contributed by atoms with van der Waals surface area (Å²) in [6, 6.07) is 5.04. The second-order valence-corrected chi connectivity index (χ2v) is 7.24. The molecule has 3 rings (SSSR count). The molecule has 2 heterocycles. The van der Waals surface area contributed by atoms with E-state index in [0.29, 0.717) is 24.5 Å². The SMILES string of the molecule is O=S(=O)(N[C@H](c1ccc(F)cc1)c1ncc[nH]1)N1CCCCC1.